The summed E-state index contributed by atoms with van der Waals surface area (Å²) in [7, 11) is 0. The molecule has 0 aliphatic heterocycles. The van der Waals surface area contributed by atoms with Gasteiger partial charge in [-0.1, -0.05) is 41.4 Å². The molecule has 2 rings (SSSR count). The van der Waals surface area contributed by atoms with Gasteiger partial charge in [0.05, 0.1) is 16.1 Å². The number of benzene rings is 2. The first-order valence-electron chi connectivity index (χ1n) is 5.55. The lowest BCUT2D eigenvalue weighted by Gasteiger charge is -2.14. The maximum atomic E-state index is 13.5. The predicted octanol–water partition coefficient (Wildman–Crippen LogP) is 4.55. The van der Waals surface area contributed by atoms with E-state index in [0.717, 1.165) is 12.1 Å². The lowest BCUT2D eigenvalue weighted by atomic mass is 10.0. The highest BCUT2D eigenvalue weighted by Gasteiger charge is 2.18. The fourth-order valence-corrected chi connectivity index (χ4v) is 2.24. The molecule has 1 unspecified atom stereocenters. The predicted molar refractivity (Wildman–Crippen MR) is 71.5 cm³/mol. The summed E-state index contributed by atoms with van der Waals surface area (Å²) in [5.74, 6) is -1.39. The molecule has 2 aromatic rings. The molecular formula is C14H10Cl2F2O. The fourth-order valence-electron chi connectivity index (χ4n) is 1.81. The van der Waals surface area contributed by atoms with E-state index in [1.165, 1.54) is 6.07 Å². The van der Waals surface area contributed by atoms with Gasteiger partial charge in [-0.05, 0) is 18.2 Å². The zero-order valence-corrected chi connectivity index (χ0v) is 11.2. The summed E-state index contributed by atoms with van der Waals surface area (Å²) in [6.07, 6.45) is -1.34. The van der Waals surface area contributed by atoms with E-state index in [1.807, 2.05) is 0 Å². The Morgan fingerprint density at radius 2 is 1.58 bits per heavy atom. The number of hydrogen-bond acceptors (Lipinski definition) is 1. The molecule has 19 heavy (non-hydrogen) atoms. The highest BCUT2D eigenvalue weighted by Crippen LogP contribution is 2.32. The summed E-state index contributed by atoms with van der Waals surface area (Å²) >= 11 is 11.8. The molecule has 5 heteroatoms. The van der Waals surface area contributed by atoms with Crippen LogP contribution in [0.2, 0.25) is 10.0 Å². The first-order valence-corrected chi connectivity index (χ1v) is 6.31. The normalized spacial score (nSPS) is 12.5. The molecule has 0 bridgehead atoms. The van der Waals surface area contributed by atoms with Crippen LogP contribution in [0, 0.1) is 11.6 Å². The van der Waals surface area contributed by atoms with Crippen molar-refractivity contribution in [1.29, 1.82) is 0 Å². The standard InChI is InChI=1S/C14H10Cl2F2O/c15-10-4-1-3-8(14(10)16)13(19)7-9-11(17)5-2-6-12(9)18/h1-6,13,19H,7H2. The van der Waals surface area contributed by atoms with Crippen molar-refractivity contribution in [1.82, 2.24) is 0 Å². The third kappa shape index (κ3) is 3.06. The third-order valence-electron chi connectivity index (χ3n) is 2.80. The molecule has 100 valence electrons. The second-order valence-electron chi connectivity index (χ2n) is 4.06. The van der Waals surface area contributed by atoms with E-state index in [2.05, 4.69) is 0 Å². The van der Waals surface area contributed by atoms with Crippen LogP contribution >= 0.6 is 23.2 Å². The Kier molecular flexibility index (Phi) is 4.40. The van der Waals surface area contributed by atoms with Crippen LogP contribution in [-0.4, -0.2) is 5.11 Å². The van der Waals surface area contributed by atoms with Crippen molar-refractivity contribution < 1.29 is 13.9 Å². The molecule has 1 atom stereocenters. The van der Waals surface area contributed by atoms with Gasteiger partial charge in [-0.25, -0.2) is 8.78 Å². The molecule has 0 aliphatic rings. The Balaban J connectivity index is 2.31. The van der Waals surface area contributed by atoms with E-state index < -0.39 is 17.7 Å². The molecule has 1 nitrogen and oxygen atoms in total. The smallest absolute Gasteiger partial charge is 0.129 e. The highest BCUT2D eigenvalue weighted by atomic mass is 35.5. The molecule has 0 saturated heterocycles. The minimum Gasteiger partial charge on any atom is -0.388 e. The molecule has 0 fully saturated rings. The number of halogens is 4. The van der Waals surface area contributed by atoms with Gasteiger partial charge in [0.15, 0.2) is 0 Å². The zero-order valence-electron chi connectivity index (χ0n) is 9.71. The minimum atomic E-state index is -1.13. The molecule has 0 aromatic heterocycles. The van der Waals surface area contributed by atoms with Gasteiger partial charge < -0.3 is 5.11 Å². The van der Waals surface area contributed by atoms with E-state index in [0.29, 0.717) is 5.56 Å². The topological polar surface area (TPSA) is 20.2 Å². The molecule has 2 aromatic carbocycles. The van der Waals surface area contributed by atoms with Gasteiger partial charge in [0, 0.05) is 17.5 Å². The van der Waals surface area contributed by atoms with E-state index in [4.69, 9.17) is 23.2 Å². The van der Waals surface area contributed by atoms with Crippen LogP contribution in [0.1, 0.15) is 17.2 Å². The number of hydrogen-bond donors (Lipinski definition) is 1. The van der Waals surface area contributed by atoms with Crippen LogP contribution < -0.4 is 0 Å². The molecule has 0 amide bonds. The summed E-state index contributed by atoms with van der Waals surface area (Å²) < 4.78 is 27.0. The molecule has 0 aliphatic carbocycles. The van der Waals surface area contributed by atoms with Gasteiger partial charge in [-0.15, -0.1) is 0 Å². The van der Waals surface area contributed by atoms with Gasteiger partial charge in [-0.3, -0.25) is 0 Å². The summed E-state index contributed by atoms with van der Waals surface area (Å²) in [6, 6.07) is 8.31. The lowest BCUT2D eigenvalue weighted by molar-refractivity contribution is 0.175. The van der Waals surface area contributed by atoms with Crippen LogP contribution in [-0.2, 0) is 6.42 Å². The van der Waals surface area contributed by atoms with Crippen LogP contribution in [0.15, 0.2) is 36.4 Å². The van der Waals surface area contributed by atoms with Crippen LogP contribution in [0.4, 0.5) is 8.78 Å². The van der Waals surface area contributed by atoms with Gasteiger partial charge in [0.25, 0.3) is 0 Å². The number of rotatable bonds is 3. The molecule has 0 radical (unpaired) electrons. The van der Waals surface area contributed by atoms with Crippen molar-refractivity contribution in [3.8, 4) is 0 Å². The van der Waals surface area contributed by atoms with Crippen LogP contribution in [0.3, 0.4) is 0 Å². The SMILES string of the molecule is OC(Cc1c(F)cccc1F)c1cccc(Cl)c1Cl. The highest BCUT2D eigenvalue weighted by molar-refractivity contribution is 6.42. The first-order chi connectivity index (χ1) is 9.00. The van der Waals surface area contributed by atoms with Crippen molar-refractivity contribution in [3.05, 3.63) is 69.2 Å². The molecular weight excluding hydrogens is 293 g/mol. The minimum absolute atomic E-state index is 0.175. The second-order valence-corrected chi connectivity index (χ2v) is 4.85. The largest absolute Gasteiger partial charge is 0.388 e. The van der Waals surface area contributed by atoms with E-state index >= 15 is 0 Å². The van der Waals surface area contributed by atoms with E-state index in [9.17, 15) is 13.9 Å². The monoisotopic (exact) mass is 302 g/mol. The maximum Gasteiger partial charge on any atom is 0.129 e. The fraction of sp³-hybridized carbons (Fsp3) is 0.143. The molecule has 0 saturated carbocycles. The van der Waals surface area contributed by atoms with Crippen molar-refractivity contribution >= 4 is 23.2 Å². The molecule has 0 spiro atoms. The second kappa shape index (κ2) is 5.87. The summed E-state index contributed by atoms with van der Waals surface area (Å²) in [5, 5.41) is 10.5. The van der Waals surface area contributed by atoms with Gasteiger partial charge in [-0.2, -0.15) is 0 Å². The van der Waals surface area contributed by atoms with Gasteiger partial charge in [0.2, 0.25) is 0 Å². The average molecular weight is 303 g/mol. The quantitative estimate of drug-likeness (QED) is 0.882. The van der Waals surface area contributed by atoms with Crippen LogP contribution in [0.5, 0.6) is 0 Å². The van der Waals surface area contributed by atoms with Gasteiger partial charge in [0.1, 0.15) is 11.6 Å². The van der Waals surface area contributed by atoms with Gasteiger partial charge >= 0.3 is 0 Å². The zero-order chi connectivity index (χ0) is 14.0. The number of aliphatic hydroxyl groups excluding tert-OH is 1. The molecule has 0 heterocycles. The summed E-state index contributed by atoms with van der Waals surface area (Å²) in [5.41, 5.74) is 0.169. The van der Waals surface area contributed by atoms with Crippen molar-refractivity contribution in [3.63, 3.8) is 0 Å². The summed E-state index contributed by atoms with van der Waals surface area (Å²) in [4.78, 5) is 0. The lowest BCUT2D eigenvalue weighted by Crippen LogP contribution is -2.06. The first kappa shape index (κ1) is 14.3. The third-order valence-corrected chi connectivity index (χ3v) is 3.63. The van der Waals surface area contributed by atoms with Crippen molar-refractivity contribution in [2.75, 3.05) is 0 Å². The van der Waals surface area contributed by atoms with E-state index in [-0.39, 0.29) is 22.0 Å². The molecule has 1 N–H and O–H groups in total. The Morgan fingerprint density at radius 3 is 2.21 bits per heavy atom. The van der Waals surface area contributed by atoms with E-state index in [1.54, 1.807) is 18.2 Å². The Labute approximate surface area is 119 Å². The van der Waals surface area contributed by atoms with Crippen molar-refractivity contribution in [2.45, 2.75) is 12.5 Å². The summed E-state index contributed by atoms with van der Waals surface area (Å²) in [6.45, 7) is 0. The Hall–Kier alpha value is -1.16. The Morgan fingerprint density at radius 1 is 1.00 bits per heavy atom. The Bertz CT molecular complexity index is 582. The van der Waals surface area contributed by atoms with Crippen LogP contribution in [0.25, 0.3) is 0 Å². The van der Waals surface area contributed by atoms with Crippen molar-refractivity contribution in [2.24, 2.45) is 0 Å². The average Bonchev–Trinajstić information content (AvgIpc) is 2.37. The number of aliphatic hydroxyl groups is 1. The maximum absolute atomic E-state index is 13.5.